The second-order valence-corrected chi connectivity index (χ2v) is 8.58. The molecule has 1 aliphatic carbocycles. The molecule has 22 heavy (non-hydrogen) atoms. The number of hydrogen-bond acceptors (Lipinski definition) is 6. The third-order valence-electron chi connectivity index (χ3n) is 4.44. The molecule has 0 unspecified atom stereocenters. The fraction of sp³-hybridized carbons (Fsp3) is 0.562. The quantitative estimate of drug-likeness (QED) is 0.620. The van der Waals surface area contributed by atoms with Crippen molar-refractivity contribution in [1.82, 2.24) is 9.97 Å². The Morgan fingerprint density at radius 3 is 3.00 bits per heavy atom. The van der Waals surface area contributed by atoms with Crippen LogP contribution in [0.4, 0.5) is 0 Å². The molecule has 0 spiro atoms. The van der Waals surface area contributed by atoms with Crippen LogP contribution in [-0.4, -0.2) is 27.3 Å². The van der Waals surface area contributed by atoms with E-state index in [0.29, 0.717) is 0 Å². The lowest BCUT2D eigenvalue weighted by Gasteiger charge is -2.18. The van der Waals surface area contributed by atoms with E-state index in [-0.39, 0.29) is 17.3 Å². The van der Waals surface area contributed by atoms with Crippen LogP contribution in [0.2, 0.25) is 0 Å². The van der Waals surface area contributed by atoms with Crippen LogP contribution in [0.1, 0.15) is 37.1 Å². The van der Waals surface area contributed by atoms with Gasteiger partial charge in [-0.15, -0.1) is 11.3 Å². The Morgan fingerprint density at radius 1 is 1.36 bits per heavy atom. The van der Waals surface area contributed by atoms with Gasteiger partial charge in [0.1, 0.15) is 27.5 Å². The zero-order valence-electron chi connectivity index (χ0n) is 12.7. The molecule has 2 aromatic rings. The number of cyclic esters (lactones) is 1. The van der Waals surface area contributed by atoms with Crippen molar-refractivity contribution in [2.24, 2.45) is 5.92 Å². The predicted octanol–water partition coefficient (Wildman–Crippen LogP) is 3.61. The number of aromatic nitrogens is 2. The number of carbonyl (C=O) groups is 1. The molecular formula is C16H18N2O2S2. The number of thioether (sulfide) groups is 1. The zero-order valence-corrected chi connectivity index (χ0v) is 14.3. The normalized spacial score (nSPS) is 27.9. The second-order valence-electron chi connectivity index (χ2n) is 6.30. The lowest BCUT2D eigenvalue weighted by atomic mass is 9.89. The highest BCUT2D eigenvalue weighted by Gasteiger charge is 2.34. The minimum absolute atomic E-state index is 0.0135. The largest absolute Gasteiger partial charge is 0.462 e. The summed E-state index contributed by atoms with van der Waals surface area (Å²) in [6.45, 7) is 4.26. The van der Waals surface area contributed by atoms with E-state index in [1.54, 1.807) is 29.4 Å². The minimum atomic E-state index is -0.133. The molecule has 4 nitrogen and oxygen atoms in total. The van der Waals surface area contributed by atoms with Gasteiger partial charge in [-0.2, -0.15) is 0 Å². The van der Waals surface area contributed by atoms with Crippen LogP contribution in [0.25, 0.3) is 10.2 Å². The molecule has 0 saturated carbocycles. The third-order valence-corrected chi connectivity index (χ3v) is 6.80. The average molecular weight is 334 g/mol. The van der Waals surface area contributed by atoms with E-state index in [1.165, 1.54) is 22.2 Å². The van der Waals surface area contributed by atoms with Gasteiger partial charge in [0.05, 0.1) is 0 Å². The van der Waals surface area contributed by atoms with Crippen molar-refractivity contribution in [3.05, 3.63) is 16.8 Å². The van der Waals surface area contributed by atoms with Crippen LogP contribution in [0, 0.1) is 5.92 Å². The van der Waals surface area contributed by atoms with Crippen molar-refractivity contribution >= 4 is 39.3 Å². The molecule has 2 aromatic heterocycles. The van der Waals surface area contributed by atoms with Gasteiger partial charge in [-0.3, -0.25) is 4.79 Å². The van der Waals surface area contributed by atoms with Gasteiger partial charge in [-0.05, 0) is 37.7 Å². The number of ether oxygens (including phenoxy) is 1. The van der Waals surface area contributed by atoms with Gasteiger partial charge in [0.25, 0.3) is 0 Å². The van der Waals surface area contributed by atoms with E-state index in [2.05, 4.69) is 16.9 Å². The Labute approximate surface area is 137 Å². The Hall–Kier alpha value is -1.14. The molecule has 3 atom stereocenters. The molecule has 0 N–H and O–H groups in total. The summed E-state index contributed by atoms with van der Waals surface area (Å²) < 4.78 is 5.27. The van der Waals surface area contributed by atoms with Crippen molar-refractivity contribution in [1.29, 1.82) is 0 Å². The molecule has 0 amide bonds. The van der Waals surface area contributed by atoms with Gasteiger partial charge >= 0.3 is 5.97 Å². The lowest BCUT2D eigenvalue weighted by Crippen LogP contribution is -2.11. The fourth-order valence-corrected chi connectivity index (χ4v) is 5.94. The number of fused-ring (bicyclic) bond motifs is 3. The highest BCUT2D eigenvalue weighted by molar-refractivity contribution is 8.00. The fourth-order valence-electron chi connectivity index (χ4n) is 3.29. The monoisotopic (exact) mass is 334 g/mol. The molecule has 6 heteroatoms. The van der Waals surface area contributed by atoms with Crippen molar-refractivity contribution < 1.29 is 9.53 Å². The lowest BCUT2D eigenvalue weighted by molar-refractivity contribution is -0.140. The predicted molar refractivity (Wildman–Crippen MR) is 88.4 cm³/mol. The van der Waals surface area contributed by atoms with E-state index in [1.807, 2.05) is 6.92 Å². The standard InChI is InChI=1S/C16H18N2O2S2/c1-8-3-4-10-11(5-8)21-14-13(10)15(18-7-17-14)22-12-6-9(2)20-16(12)19/h7-9,12H,3-6H2,1-2H3/t8-,9+,12-/m1/s1. The van der Waals surface area contributed by atoms with E-state index in [0.717, 1.165) is 35.0 Å². The molecule has 2 aliphatic rings. The van der Waals surface area contributed by atoms with Crippen LogP contribution in [0.3, 0.4) is 0 Å². The number of esters is 1. The number of rotatable bonds is 2. The molecule has 1 fully saturated rings. The molecule has 0 radical (unpaired) electrons. The maximum Gasteiger partial charge on any atom is 0.319 e. The smallest absolute Gasteiger partial charge is 0.319 e. The van der Waals surface area contributed by atoms with Crippen molar-refractivity contribution in [3.8, 4) is 0 Å². The molecular weight excluding hydrogens is 316 g/mol. The van der Waals surface area contributed by atoms with Crippen LogP contribution in [-0.2, 0) is 22.4 Å². The van der Waals surface area contributed by atoms with E-state index < -0.39 is 0 Å². The highest BCUT2D eigenvalue weighted by Crippen LogP contribution is 2.42. The van der Waals surface area contributed by atoms with E-state index >= 15 is 0 Å². The van der Waals surface area contributed by atoms with Gasteiger partial charge in [0, 0.05) is 16.7 Å². The molecule has 1 saturated heterocycles. The summed E-state index contributed by atoms with van der Waals surface area (Å²) in [5.74, 6) is 0.636. The van der Waals surface area contributed by atoms with Gasteiger partial charge in [0.15, 0.2) is 0 Å². The Bertz CT molecular complexity index is 743. The third kappa shape index (κ3) is 2.42. The summed E-state index contributed by atoms with van der Waals surface area (Å²) >= 11 is 3.35. The number of carbonyl (C=O) groups excluding carboxylic acids is 1. The highest BCUT2D eigenvalue weighted by atomic mass is 32.2. The van der Waals surface area contributed by atoms with Crippen molar-refractivity contribution in [2.75, 3.05) is 0 Å². The van der Waals surface area contributed by atoms with Gasteiger partial charge in [-0.25, -0.2) is 9.97 Å². The summed E-state index contributed by atoms with van der Waals surface area (Å²) in [4.78, 5) is 23.4. The summed E-state index contributed by atoms with van der Waals surface area (Å²) in [5, 5.41) is 2.01. The molecule has 0 aromatic carbocycles. The summed E-state index contributed by atoms with van der Waals surface area (Å²) in [6, 6.07) is 0. The van der Waals surface area contributed by atoms with Gasteiger partial charge < -0.3 is 4.74 Å². The SMILES string of the molecule is C[C@@H]1CCc2c(sc3ncnc(S[C@@H]4C[C@H](C)OC4=O)c23)C1. The van der Waals surface area contributed by atoms with Crippen LogP contribution >= 0.6 is 23.1 Å². The number of nitrogens with zero attached hydrogens (tertiary/aromatic N) is 2. The summed E-state index contributed by atoms with van der Waals surface area (Å²) in [6.07, 6.45) is 5.87. The summed E-state index contributed by atoms with van der Waals surface area (Å²) in [5.41, 5.74) is 1.42. The first-order chi connectivity index (χ1) is 10.6. The topological polar surface area (TPSA) is 52.1 Å². The Morgan fingerprint density at radius 2 is 2.23 bits per heavy atom. The molecule has 0 bridgehead atoms. The van der Waals surface area contributed by atoms with E-state index in [4.69, 9.17) is 4.74 Å². The number of hydrogen-bond donors (Lipinski definition) is 0. The molecule has 3 heterocycles. The second kappa shape index (κ2) is 5.49. The minimum Gasteiger partial charge on any atom is -0.462 e. The maximum absolute atomic E-state index is 11.9. The first kappa shape index (κ1) is 14.5. The van der Waals surface area contributed by atoms with Gasteiger partial charge in [-0.1, -0.05) is 18.7 Å². The van der Waals surface area contributed by atoms with Crippen molar-refractivity contribution in [2.45, 2.75) is 55.9 Å². The van der Waals surface area contributed by atoms with E-state index in [9.17, 15) is 4.79 Å². The first-order valence-corrected chi connectivity index (χ1v) is 9.44. The molecule has 116 valence electrons. The Kier molecular flexibility index (Phi) is 3.61. The molecule has 4 rings (SSSR count). The van der Waals surface area contributed by atoms with Crippen LogP contribution in [0.15, 0.2) is 11.4 Å². The average Bonchev–Trinajstić information content (AvgIpc) is 2.98. The maximum atomic E-state index is 11.9. The number of thiophene rings is 1. The zero-order chi connectivity index (χ0) is 15.3. The van der Waals surface area contributed by atoms with Crippen molar-refractivity contribution in [3.63, 3.8) is 0 Å². The summed E-state index contributed by atoms with van der Waals surface area (Å²) in [7, 11) is 0. The first-order valence-electron chi connectivity index (χ1n) is 7.74. The van der Waals surface area contributed by atoms with Crippen LogP contribution < -0.4 is 0 Å². The number of aryl methyl sites for hydroxylation is 1. The van der Waals surface area contributed by atoms with Crippen LogP contribution in [0.5, 0.6) is 0 Å². The van der Waals surface area contributed by atoms with Gasteiger partial charge in [0.2, 0.25) is 0 Å². The Balaban J connectivity index is 1.73. The molecule has 1 aliphatic heterocycles.